The van der Waals surface area contributed by atoms with Crippen LogP contribution in [0.25, 0.3) is 10.4 Å². The number of anilines is 3. The minimum Gasteiger partial charge on any atom is -0.448 e. The number of unbranched alkanes of at least 4 members (excludes halogenated alkanes) is 5. The molecule has 3 unspecified atom stereocenters. The van der Waals surface area contributed by atoms with Crippen molar-refractivity contribution in [3.05, 3.63) is 97.3 Å². The molecular formula is C69H105Cl2N19O10. The largest absolute Gasteiger partial charge is 0.448 e. The summed E-state index contributed by atoms with van der Waals surface area (Å²) in [7, 11) is 0. The molecule has 0 fully saturated rings. The van der Waals surface area contributed by atoms with E-state index in [0.29, 0.717) is 98.6 Å². The number of isocyanates is 1. The summed E-state index contributed by atoms with van der Waals surface area (Å²) in [5.41, 5.74) is 9.35. The van der Waals surface area contributed by atoms with Crippen LogP contribution in [0, 0.1) is 54.9 Å². The maximum atomic E-state index is 13.7. The molecule has 0 aliphatic heterocycles. The number of nitrogens with zero attached hydrogens (tertiary/aromatic N) is 8. The SMILES string of the molecule is CCC(C)(C)CC(C)CCNC(=O)OCCN(CCOC(=O)NCC(C)CC(C)(C)CC(=O)/N=C(/NC(=N)NCCCCCCNC(=N)N/C(=N/C(=O)CC(C)CC(C)(C)CN=C=O)Nc1ccc(Cl)cc1)Nc1ccc(Cl)cc1)C(=O)CCCCCNc1ccc(N=[N+]=[N-])cc1[N+](=O)[O-]. The maximum absolute atomic E-state index is 13.7. The first-order valence-corrected chi connectivity index (χ1v) is 34.8. The number of halogens is 2. The second kappa shape index (κ2) is 45.6. The van der Waals surface area contributed by atoms with Gasteiger partial charge in [0.15, 0.2) is 11.9 Å². The average molecular weight is 1430 g/mol. The lowest BCUT2D eigenvalue weighted by Gasteiger charge is -2.27. The van der Waals surface area contributed by atoms with Gasteiger partial charge in [-0.3, -0.25) is 46.0 Å². The highest BCUT2D eigenvalue weighted by Gasteiger charge is 2.27. The molecule has 0 aromatic heterocycles. The van der Waals surface area contributed by atoms with Gasteiger partial charge in [-0.05, 0) is 145 Å². The molecule has 29 nitrogen and oxygen atoms in total. The summed E-state index contributed by atoms with van der Waals surface area (Å²) in [5, 5.41) is 59.8. The van der Waals surface area contributed by atoms with Gasteiger partial charge in [0.25, 0.3) is 5.69 Å². The van der Waals surface area contributed by atoms with Crippen LogP contribution < -0.4 is 47.9 Å². The van der Waals surface area contributed by atoms with Crippen molar-refractivity contribution >= 4 is 111 Å². The Labute approximate surface area is 598 Å². The van der Waals surface area contributed by atoms with Crippen LogP contribution in [0.4, 0.5) is 38.0 Å². The van der Waals surface area contributed by atoms with E-state index in [-0.39, 0.29) is 122 Å². The van der Waals surface area contributed by atoms with Crippen molar-refractivity contribution in [2.24, 2.45) is 54.1 Å². The molecule has 3 aromatic rings. The number of carbonyl (C=O) groups is 5. The number of benzene rings is 3. The number of aliphatic imine (C=N–C) groups is 3. The molecule has 0 saturated carbocycles. The summed E-state index contributed by atoms with van der Waals surface area (Å²) in [6, 6.07) is 17.7. The zero-order valence-electron chi connectivity index (χ0n) is 59.7. The Hall–Kier alpha value is -9.04. The number of guanidine groups is 4. The molecule has 0 bridgehead atoms. The smallest absolute Gasteiger partial charge is 0.407 e. The maximum Gasteiger partial charge on any atom is 0.407 e. The van der Waals surface area contributed by atoms with Gasteiger partial charge in [-0.25, -0.2) is 19.4 Å². The zero-order chi connectivity index (χ0) is 74.1. The van der Waals surface area contributed by atoms with Crippen LogP contribution in [-0.2, 0) is 28.7 Å². The number of nitro groups is 1. The van der Waals surface area contributed by atoms with E-state index in [9.17, 15) is 38.9 Å². The summed E-state index contributed by atoms with van der Waals surface area (Å²) in [6.07, 6.45) is 9.28. The summed E-state index contributed by atoms with van der Waals surface area (Å²) in [4.78, 5) is 104. The number of amides is 5. The van der Waals surface area contributed by atoms with Gasteiger partial charge in [-0.2, -0.15) is 9.98 Å². The highest BCUT2D eigenvalue weighted by molar-refractivity contribution is 6.31. The van der Waals surface area contributed by atoms with Gasteiger partial charge < -0.3 is 51.6 Å². The minimum absolute atomic E-state index is 0.0211. The van der Waals surface area contributed by atoms with Gasteiger partial charge in [-0.15, -0.1) is 0 Å². The fraction of sp³-hybridized carbons (Fsp3) is 0.594. The van der Waals surface area contributed by atoms with Crippen molar-refractivity contribution in [3.63, 3.8) is 0 Å². The van der Waals surface area contributed by atoms with Crippen LogP contribution in [0.1, 0.15) is 166 Å². The van der Waals surface area contributed by atoms with Crippen LogP contribution in [0.15, 0.2) is 86.8 Å². The molecule has 5 amide bonds. The number of alkyl carbamates (subject to hydrolysis) is 2. The standard InChI is InChI=1S/C69H105Cl2N19O10/c1-11-67(5,6)41-48(2)30-34-79-65(95)99-37-35-89(60(94)19-15-14-18-31-76-56-29-28-55(87-88-74)40-57(56)90(97)98)36-38-100-66(96)80-45-50(4)43-68(7,8)44-59(93)84-64(82-54-26-22-52(71)23-27-54)86-62(73)78-33-17-13-12-16-32-77-61(72)85-63(81-53-24-20-51(70)21-25-53)83-58(92)39-49(3)42-69(9,10)46-75-47-91/h20-29,40,48-50,76H,11-19,30-39,41-46H2,1-10H3,(H,79,95)(H,80,96)(H4,72,77,81,83,85,92)(H4,73,78,82,84,86,93). The third-order valence-corrected chi connectivity index (χ3v) is 16.5. The van der Waals surface area contributed by atoms with Crippen LogP contribution in [-0.4, -0.2) is 135 Å². The molecule has 11 N–H and O–H groups in total. The Morgan fingerprint density at radius 3 is 1.73 bits per heavy atom. The fourth-order valence-electron chi connectivity index (χ4n) is 11.0. The Kier molecular flexibility index (Phi) is 38.8. The predicted molar refractivity (Wildman–Crippen MR) is 395 cm³/mol. The molecule has 3 aromatic carbocycles. The van der Waals surface area contributed by atoms with Gasteiger partial charge in [0.05, 0.1) is 24.6 Å². The van der Waals surface area contributed by atoms with Crippen molar-refractivity contribution in [2.45, 2.75) is 166 Å². The number of hydrogen-bond donors (Lipinski definition) is 11. The lowest BCUT2D eigenvalue weighted by Crippen LogP contribution is -2.44. The monoisotopic (exact) mass is 1430 g/mol. The Morgan fingerprint density at radius 2 is 1.19 bits per heavy atom. The summed E-state index contributed by atoms with van der Waals surface area (Å²) < 4.78 is 11.0. The molecule has 100 heavy (non-hydrogen) atoms. The van der Waals surface area contributed by atoms with Gasteiger partial charge in [0.2, 0.25) is 35.7 Å². The number of nitrogens with one attached hydrogen (secondary N) is 11. The van der Waals surface area contributed by atoms with E-state index in [1.165, 1.54) is 23.1 Å². The zero-order valence-corrected chi connectivity index (χ0v) is 61.2. The molecule has 31 heteroatoms. The quantitative estimate of drug-likeness (QED) is 0.00289. The molecule has 550 valence electrons. The normalized spacial score (nSPS) is 12.6. The molecule has 0 saturated heterocycles. The number of azide groups is 1. The number of rotatable bonds is 42. The van der Waals surface area contributed by atoms with E-state index >= 15 is 0 Å². The van der Waals surface area contributed by atoms with E-state index in [2.05, 4.69) is 101 Å². The van der Waals surface area contributed by atoms with E-state index < -0.39 is 34.3 Å². The molecular weight excluding hydrogens is 1330 g/mol. The van der Waals surface area contributed by atoms with Gasteiger partial charge in [0, 0.05) is 90.1 Å². The molecule has 0 spiro atoms. The molecule has 0 aliphatic carbocycles. The Morgan fingerprint density at radius 1 is 0.670 bits per heavy atom. The molecule has 0 aliphatic rings. The third kappa shape index (κ3) is 38.4. The van der Waals surface area contributed by atoms with Crippen molar-refractivity contribution < 1.29 is 43.2 Å². The second-order valence-electron chi connectivity index (χ2n) is 27.4. The Balaban J connectivity index is 1.49. The average Bonchev–Trinajstić information content (AvgIpc) is 0.860. The van der Waals surface area contributed by atoms with E-state index in [1.807, 2.05) is 41.5 Å². The molecule has 3 rings (SSSR count). The lowest BCUT2D eigenvalue weighted by molar-refractivity contribution is -0.383. The van der Waals surface area contributed by atoms with Crippen molar-refractivity contribution in [3.8, 4) is 0 Å². The number of carbonyl (C=O) groups excluding carboxylic acids is 6. The Bertz CT molecular complexity index is 3280. The van der Waals surface area contributed by atoms with Gasteiger partial charge >= 0.3 is 12.2 Å². The van der Waals surface area contributed by atoms with E-state index in [4.69, 9.17) is 49.0 Å². The number of nitro benzene ring substituents is 1. The van der Waals surface area contributed by atoms with Gasteiger partial charge in [0.1, 0.15) is 18.9 Å². The number of hydrogen-bond acceptors (Lipinski definition) is 15. The molecule has 0 radical (unpaired) electrons. The highest BCUT2D eigenvalue weighted by atomic mass is 35.5. The summed E-state index contributed by atoms with van der Waals surface area (Å²) >= 11 is 12.2. The van der Waals surface area contributed by atoms with Crippen LogP contribution in [0.5, 0.6) is 0 Å². The van der Waals surface area contributed by atoms with Crippen molar-refractivity contribution in [2.75, 3.05) is 81.5 Å². The van der Waals surface area contributed by atoms with Crippen molar-refractivity contribution in [1.82, 2.24) is 36.8 Å². The third-order valence-electron chi connectivity index (χ3n) is 16.0. The first-order chi connectivity index (χ1) is 47.4. The van der Waals surface area contributed by atoms with Crippen molar-refractivity contribution in [1.29, 1.82) is 10.8 Å². The van der Waals surface area contributed by atoms with Crippen LogP contribution in [0.2, 0.25) is 10.0 Å². The summed E-state index contributed by atoms with van der Waals surface area (Å²) in [6.45, 7) is 22.5. The second-order valence-corrected chi connectivity index (χ2v) is 28.3. The van der Waals surface area contributed by atoms with Crippen LogP contribution >= 0.6 is 23.2 Å². The van der Waals surface area contributed by atoms with E-state index in [1.54, 1.807) is 54.6 Å². The lowest BCUT2D eigenvalue weighted by atomic mass is 9.80. The highest BCUT2D eigenvalue weighted by Crippen LogP contribution is 2.33. The fourth-order valence-corrected chi connectivity index (χ4v) is 11.3. The van der Waals surface area contributed by atoms with Gasteiger partial charge in [-0.1, -0.05) is 129 Å². The predicted octanol–water partition coefficient (Wildman–Crippen LogP) is 13.9. The first kappa shape index (κ1) is 85.2. The van der Waals surface area contributed by atoms with E-state index in [0.717, 1.165) is 38.5 Å². The molecule has 3 atom stereocenters. The van der Waals surface area contributed by atoms with Crippen LogP contribution in [0.3, 0.4) is 0 Å². The topological polar surface area (TPSA) is 409 Å². The number of ether oxygens (including phenoxy) is 2. The minimum atomic E-state index is -0.703. The molecule has 0 heterocycles. The summed E-state index contributed by atoms with van der Waals surface area (Å²) in [5.74, 6) is -0.939. The first-order valence-electron chi connectivity index (χ1n) is 34.1.